The molecule has 0 fully saturated rings. The van der Waals surface area contributed by atoms with Crippen molar-refractivity contribution in [2.45, 2.75) is 39.8 Å². The lowest BCUT2D eigenvalue weighted by Crippen LogP contribution is -2.18. The first-order chi connectivity index (χ1) is 10.3. The van der Waals surface area contributed by atoms with Crippen molar-refractivity contribution in [1.29, 1.82) is 0 Å². The van der Waals surface area contributed by atoms with Crippen LogP contribution in [-0.4, -0.2) is 24.8 Å². The van der Waals surface area contributed by atoms with Gasteiger partial charge in [-0.1, -0.05) is 38.5 Å². The number of nitrogens with zero attached hydrogens (tertiary/aromatic N) is 1. The molecule has 0 aliphatic carbocycles. The van der Waals surface area contributed by atoms with Gasteiger partial charge in [-0.25, -0.2) is 0 Å². The third-order valence-electron chi connectivity index (χ3n) is 3.96. The van der Waals surface area contributed by atoms with Crippen LogP contribution >= 0.6 is 0 Å². The van der Waals surface area contributed by atoms with Crippen LogP contribution in [0.15, 0.2) is 30.5 Å². The molecule has 1 atom stereocenters. The van der Waals surface area contributed by atoms with Crippen molar-refractivity contribution in [2.24, 2.45) is 5.92 Å². The van der Waals surface area contributed by atoms with Crippen molar-refractivity contribution >= 4 is 10.9 Å². The zero-order valence-corrected chi connectivity index (χ0v) is 13.6. The summed E-state index contributed by atoms with van der Waals surface area (Å²) in [5, 5.41) is 4.81. The highest BCUT2D eigenvalue weighted by atomic mass is 16.5. The number of aromatic nitrogens is 1. The Bertz CT molecular complexity index is 547. The maximum atomic E-state index is 5.08. The third kappa shape index (κ3) is 4.32. The molecule has 1 heterocycles. The lowest BCUT2D eigenvalue weighted by molar-refractivity contribution is 0.199. The molecule has 3 heteroatoms. The largest absolute Gasteiger partial charge is 0.383 e. The second-order valence-corrected chi connectivity index (χ2v) is 5.89. The van der Waals surface area contributed by atoms with Crippen LogP contribution in [-0.2, 0) is 17.8 Å². The lowest BCUT2D eigenvalue weighted by Gasteiger charge is -2.12. The van der Waals surface area contributed by atoms with E-state index < -0.39 is 0 Å². The fourth-order valence-electron chi connectivity index (χ4n) is 2.93. The number of hydrogen-bond donors (Lipinski definition) is 1. The lowest BCUT2D eigenvalue weighted by atomic mass is 10.1. The monoisotopic (exact) mass is 288 g/mol. The van der Waals surface area contributed by atoms with E-state index >= 15 is 0 Å². The van der Waals surface area contributed by atoms with Gasteiger partial charge in [-0.3, -0.25) is 0 Å². The highest BCUT2D eigenvalue weighted by molar-refractivity contribution is 5.83. The second-order valence-electron chi connectivity index (χ2n) is 5.89. The first-order valence-corrected chi connectivity index (χ1v) is 8.02. The van der Waals surface area contributed by atoms with Gasteiger partial charge in [0, 0.05) is 43.8 Å². The van der Waals surface area contributed by atoms with Crippen LogP contribution in [0.4, 0.5) is 0 Å². The Morgan fingerprint density at radius 3 is 2.86 bits per heavy atom. The topological polar surface area (TPSA) is 26.2 Å². The molecular weight excluding hydrogens is 260 g/mol. The average molecular weight is 288 g/mol. The summed E-state index contributed by atoms with van der Waals surface area (Å²) in [6, 6.07) is 8.71. The summed E-state index contributed by atoms with van der Waals surface area (Å²) < 4.78 is 7.50. The molecule has 2 rings (SSSR count). The molecule has 116 valence electrons. The van der Waals surface area contributed by atoms with Gasteiger partial charge in [0.2, 0.25) is 0 Å². The van der Waals surface area contributed by atoms with Gasteiger partial charge in [0.1, 0.15) is 0 Å². The molecule has 1 aromatic carbocycles. The fourth-order valence-corrected chi connectivity index (χ4v) is 2.93. The van der Waals surface area contributed by atoms with Crippen molar-refractivity contribution in [3.05, 3.63) is 36.0 Å². The predicted octanol–water partition coefficient (Wildman–Crippen LogP) is 3.81. The Labute approximate surface area is 128 Å². The highest BCUT2D eigenvalue weighted by Gasteiger charge is 2.10. The summed E-state index contributed by atoms with van der Waals surface area (Å²) >= 11 is 0. The molecular formula is C18H28N2O. The Morgan fingerprint density at radius 2 is 2.10 bits per heavy atom. The molecule has 2 aromatic rings. The van der Waals surface area contributed by atoms with E-state index in [2.05, 4.69) is 54.2 Å². The molecule has 0 radical (unpaired) electrons. The maximum absolute atomic E-state index is 5.08. The molecule has 21 heavy (non-hydrogen) atoms. The molecule has 0 amide bonds. The average Bonchev–Trinajstić information content (AvgIpc) is 2.82. The minimum absolute atomic E-state index is 0.722. The van der Waals surface area contributed by atoms with Crippen molar-refractivity contribution in [2.75, 3.05) is 20.3 Å². The number of ether oxygens (including phenoxy) is 1. The first-order valence-electron chi connectivity index (χ1n) is 8.02. The number of benzene rings is 1. The molecule has 0 saturated carbocycles. The van der Waals surface area contributed by atoms with Crippen LogP contribution < -0.4 is 5.32 Å². The van der Waals surface area contributed by atoms with E-state index in [9.17, 15) is 0 Å². The van der Waals surface area contributed by atoms with Crippen molar-refractivity contribution in [3.8, 4) is 0 Å². The molecule has 0 saturated heterocycles. The standard InChI is InChI=1S/C18H28N2O/c1-4-7-15(2)13-20-14-16(12-19-10-11-21-3)17-8-5-6-9-18(17)20/h5-6,8-9,14-15,19H,4,7,10-13H2,1-3H3. The number of hydrogen-bond acceptors (Lipinski definition) is 2. The summed E-state index contributed by atoms with van der Waals surface area (Å²) in [6.07, 6.45) is 4.86. The van der Waals surface area contributed by atoms with Crippen molar-refractivity contribution in [1.82, 2.24) is 9.88 Å². The molecule has 1 unspecified atom stereocenters. The van der Waals surface area contributed by atoms with Crippen LogP contribution in [0.3, 0.4) is 0 Å². The Kier molecular flexibility index (Phi) is 6.27. The number of nitrogens with one attached hydrogen (secondary N) is 1. The Morgan fingerprint density at radius 1 is 1.29 bits per heavy atom. The fraction of sp³-hybridized carbons (Fsp3) is 0.556. The normalized spacial score (nSPS) is 12.9. The van der Waals surface area contributed by atoms with Gasteiger partial charge in [0.25, 0.3) is 0 Å². The van der Waals surface area contributed by atoms with E-state index in [-0.39, 0.29) is 0 Å². The maximum Gasteiger partial charge on any atom is 0.0587 e. The molecule has 0 spiro atoms. The number of methoxy groups -OCH3 is 1. The summed E-state index contributed by atoms with van der Waals surface area (Å²) in [4.78, 5) is 0. The first kappa shape index (κ1) is 16.1. The molecule has 0 aliphatic heterocycles. The summed E-state index contributed by atoms with van der Waals surface area (Å²) in [6.45, 7) is 8.25. The summed E-state index contributed by atoms with van der Waals surface area (Å²) in [7, 11) is 1.74. The quantitative estimate of drug-likeness (QED) is 0.710. The van der Waals surface area contributed by atoms with Crippen LogP contribution in [0, 0.1) is 5.92 Å². The highest BCUT2D eigenvalue weighted by Crippen LogP contribution is 2.23. The number of fused-ring (bicyclic) bond motifs is 1. The van der Waals surface area contributed by atoms with E-state index in [1.165, 1.54) is 29.3 Å². The van der Waals surface area contributed by atoms with E-state index in [1.54, 1.807) is 7.11 Å². The molecule has 0 bridgehead atoms. The van der Waals surface area contributed by atoms with Crippen LogP contribution in [0.5, 0.6) is 0 Å². The van der Waals surface area contributed by atoms with Crippen molar-refractivity contribution < 1.29 is 4.74 Å². The van der Waals surface area contributed by atoms with Crippen LogP contribution in [0.25, 0.3) is 10.9 Å². The van der Waals surface area contributed by atoms with E-state index in [1.807, 2.05) is 0 Å². The minimum atomic E-state index is 0.722. The van der Waals surface area contributed by atoms with Gasteiger partial charge in [-0.2, -0.15) is 0 Å². The summed E-state index contributed by atoms with van der Waals surface area (Å²) in [5.74, 6) is 0.722. The van der Waals surface area contributed by atoms with E-state index in [4.69, 9.17) is 4.74 Å². The molecule has 1 N–H and O–H groups in total. The zero-order valence-electron chi connectivity index (χ0n) is 13.6. The Balaban J connectivity index is 2.14. The van der Waals surface area contributed by atoms with Crippen LogP contribution in [0.2, 0.25) is 0 Å². The molecule has 0 aliphatic rings. The predicted molar refractivity (Wildman–Crippen MR) is 89.6 cm³/mol. The van der Waals surface area contributed by atoms with Gasteiger partial charge >= 0.3 is 0 Å². The van der Waals surface area contributed by atoms with E-state index in [0.29, 0.717) is 0 Å². The third-order valence-corrected chi connectivity index (χ3v) is 3.96. The minimum Gasteiger partial charge on any atom is -0.383 e. The molecule has 3 nitrogen and oxygen atoms in total. The van der Waals surface area contributed by atoms with E-state index in [0.717, 1.165) is 32.2 Å². The van der Waals surface area contributed by atoms with Crippen molar-refractivity contribution in [3.63, 3.8) is 0 Å². The van der Waals surface area contributed by atoms with Crippen LogP contribution in [0.1, 0.15) is 32.3 Å². The number of rotatable bonds is 9. The zero-order chi connectivity index (χ0) is 15.1. The van der Waals surface area contributed by atoms with Gasteiger partial charge in [-0.15, -0.1) is 0 Å². The van der Waals surface area contributed by atoms with Gasteiger partial charge in [0.15, 0.2) is 0 Å². The SMILES string of the molecule is CCCC(C)Cn1cc(CNCCOC)c2ccccc21. The molecule has 1 aromatic heterocycles. The van der Waals surface area contributed by atoms with Gasteiger partial charge in [-0.05, 0) is 24.0 Å². The Hall–Kier alpha value is -1.32. The summed E-state index contributed by atoms with van der Waals surface area (Å²) in [5.41, 5.74) is 2.73. The van der Waals surface area contributed by atoms with Gasteiger partial charge < -0.3 is 14.6 Å². The van der Waals surface area contributed by atoms with Gasteiger partial charge in [0.05, 0.1) is 6.61 Å². The second kappa shape index (κ2) is 8.20. The smallest absolute Gasteiger partial charge is 0.0587 e. The number of para-hydroxylation sites is 1.